The van der Waals surface area contributed by atoms with Crippen molar-refractivity contribution in [3.05, 3.63) is 59.1 Å². The van der Waals surface area contributed by atoms with Crippen LogP contribution in [0.25, 0.3) is 0 Å². The first-order valence-corrected chi connectivity index (χ1v) is 7.20. The van der Waals surface area contributed by atoms with E-state index in [1.165, 1.54) is 0 Å². The van der Waals surface area contributed by atoms with Gasteiger partial charge < -0.3 is 14.2 Å². The maximum absolute atomic E-state index is 12.0. The summed E-state index contributed by atoms with van der Waals surface area (Å²) in [6, 6.07) is 13.8. The zero-order valence-corrected chi connectivity index (χ0v) is 13.0. The Morgan fingerprint density at radius 3 is 2.09 bits per heavy atom. The first kappa shape index (κ1) is 16.3. The van der Waals surface area contributed by atoms with Gasteiger partial charge in [-0.1, -0.05) is 11.6 Å². The quantitative estimate of drug-likeness (QED) is 0.550. The van der Waals surface area contributed by atoms with Gasteiger partial charge in [0, 0.05) is 17.7 Å². The van der Waals surface area contributed by atoms with E-state index in [4.69, 9.17) is 25.8 Å². The fourth-order valence-electron chi connectivity index (χ4n) is 1.74. The van der Waals surface area contributed by atoms with Gasteiger partial charge in [-0.25, -0.2) is 0 Å². The molecule has 0 bridgehead atoms. The molecule has 0 N–H and O–H groups in total. The van der Waals surface area contributed by atoms with Crippen molar-refractivity contribution in [3.63, 3.8) is 0 Å². The third-order valence-electron chi connectivity index (χ3n) is 2.92. The normalized spacial score (nSPS) is 10.3. The van der Waals surface area contributed by atoms with Crippen LogP contribution in [0.2, 0.25) is 5.02 Å². The fourth-order valence-corrected chi connectivity index (χ4v) is 1.87. The molecule has 5 heteroatoms. The van der Waals surface area contributed by atoms with Crippen molar-refractivity contribution in [2.45, 2.75) is 0 Å². The second kappa shape index (κ2) is 8.41. The van der Waals surface area contributed by atoms with E-state index in [1.54, 1.807) is 55.6 Å². The summed E-state index contributed by atoms with van der Waals surface area (Å²) in [6.07, 6.45) is 0. The zero-order chi connectivity index (χ0) is 15.8. The number of hydrogen-bond donors (Lipinski definition) is 0. The minimum atomic E-state index is -0.0999. The third kappa shape index (κ3) is 5.06. The molecule has 0 unspecified atom stereocenters. The molecule has 2 aromatic carbocycles. The molecule has 116 valence electrons. The predicted molar refractivity (Wildman–Crippen MR) is 85.1 cm³/mol. The number of Topliss-reactive ketones (excluding diaryl/α,β-unsaturated/α-hetero) is 1. The Kier molecular flexibility index (Phi) is 6.25. The van der Waals surface area contributed by atoms with Gasteiger partial charge in [0.15, 0.2) is 12.4 Å². The fraction of sp³-hybridized carbons (Fsp3) is 0.235. The van der Waals surface area contributed by atoms with Crippen LogP contribution in [0.15, 0.2) is 48.5 Å². The van der Waals surface area contributed by atoms with E-state index in [0.29, 0.717) is 29.5 Å². The highest BCUT2D eigenvalue weighted by Crippen LogP contribution is 2.18. The molecule has 0 spiro atoms. The van der Waals surface area contributed by atoms with E-state index < -0.39 is 0 Å². The molecule has 0 aromatic heterocycles. The molecule has 0 aliphatic heterocycles. The molecule has 0 aliphatic rings. The summed E-state index contributed by atoms with van der Waals surface area (Å²) in [5, 5.41) is 0.599. The molecule has 2 aromatic rings. The number of hydrogen-bond acceptors (Lipinski definition) is 4. The molecule has 2 rings (SSSR count). The Labute approximate surface area is 134 Å². The summed E-state index contributed by atoms with van der Waals surface area (Å²) in [7, 11) is 1.62. The molecule has 0 amide bonds. The van der Waals surface area contributed by atoms with Crippen molar-refractivity contribution < 1.29 is 19.0 Å². The summed E-state index contributed by atoms with van der Waals surface area (Å²) in [6.45, 7) is 1.01. The monoisotopic (exact) mass is 320 g/mol. The number of methoxy groups -OCH3 is 1. The minimum absolute atomic E-state index is 0.0223. The number of benzene rings is 2. The first-order chi connectivity index (χ1) is 10.7. The van der Waals surface area contributed by atoms with Gasteiger partial charge in [-0.3, -0.25) is 4.79 Å². The van der Waals surface area contributed by atoms with E-state index in [2.05, 4.69) is 0 Å². The van der Waals surface area contributed by atoms with Crippen LogP contribution >= 0.6 is 11.6 Å². The maximum Gasteiger partial charge on any atom is 0.200 e. The van der Waals surface area contributed by atoms with Crippen molar-refractivity contribution in [1.82, 2.24) is 0 Å². The van der Waals surface area contributed by atoms with Crippen LogP contribution in [0, 0.1) is 0 Å². The van der Waals surface area contributed by atoms with Crippen LogP contribution < -0.4 is 9.47 Å². The lowest BCUT2D eigenvalue weighted by atomic mass is 10.1. The Bertz CT molecular complexity index is 593. The molecule has 0 fully saturated rings. The number of carbonyl (C=O) groups is 1. The average molecular weight is 321 g/mol. The van der Waals surface area contributed by atoms with Crippen LogP contribution in [-0.4, -0.2) is 32.7 Å². The zero-order valence-electron chi connectivity index (χ0n) is 12.3. The van der Waals surface area contributed by atoms with E-state index in [0.717, 1.165) is 5.75 Å². The largest absolute Gasteiger partial charge is 0.491 e. The predicted octanol–water partition coefficient (Wildman–Crippen LogP) is 3.63. The molecule has 0 saturated heterocycles. The van der Waals surface area contributed by atoms with Crippen LogP contribution in [0.3, 0.4) is 0 Å². The SMILES string of the molecule is COCCOc1ccc(OCC(=O)c2ccc(Cl)cc2)cc1. The Balaban J connectivity index is 1.83. The first-order valence-electron chi connectivity index (χ1n) is 6.82. The van der Waals surface area contributed by atoms with Crippen LogP contribution in [-0.2, 0) is 4.74 Å². The summed E-state index contributed by atoms with van der Waals surface area (Å²) >= 11 is 5.79. The maximum atomic E-state index is 12.0. The highest BCUT2D eigenvalue weighted by molar-refractivity contribution is 6.30. The highest BCUT2D eigenvalue weighted by atomic mass is 35.5. The van der Waals surface area contributed by atoms with Crippen LogP contribution in [0.4, 0.5) is 0 Å². The summed E-state index contributed by atoms with van der Waals surface area (Å²) in [4.78, 5) is 12.0. The van der Waals surface area contributed by atoms with Crippen molar-refractivity contribution in [2.75, 3.05) is 26.9 Å². The molecular weight excluding hydrogens is 304 g/mol. The molecule has 0 saturated carbocycles. The van der Waals surface area contributed by atoms with Crippen LogP contribution in [0.5, 0.6) is 11.5 Å². The van der Waals surface area contributed by atoms with Crippen molar-refractivity contribution in [2.24, 2.45) is 0 Å². The number of halogens is 1. The lowest BCUT2D eigenvalue weighted by Gasteiger charge is -2.08. The van der Waals surface area contributed by atoms with Gasteiger partial charge in [-0.15, -0.1) is 0 Å². The standard InChI is InChI=1S/C17H17ClO4/c1-20-10-11-21-15-6-8-16(9-7-15)22-12-17(19)13-2-4-14(18)5-3-13/h2-9H,10-12H2,1H3. The molecule has 0 atom stereocenters. The molecule has 4 nitrogen and oxygen atoms in total. The van der Waals surface area contributed by atoms with E-state index in [1.807, 2.05) is 0 Å². The number of rotatable bonds is 8. The summed E-state index contributed by atoms with van der Waals surface area (Å²) in [5.74, 6) is 1.24. The van der Waals surface area contributed by atoms with Gasteiger partial charge in [0.05, 0.1) is 6.61 Å². The van der Waals surface area contributed by atoms with Gasteiger partial charge in [0.25, 0.3) is 0 Å². The van der Waals surface area contributed by atoms with Gasteiger partial charge in [-0.05, 0) is 48.5 Å². The number of ketones is 1. The second-order valence-electron chi connectivity index (χ2n) is 4.53. The lowest BCUT2D eigenvalue weighted by molar-refractivity contribution is 0.0921. The second-order valence-corrected chi connectivity index (χ2v) is 4.97. The minimum Gasteiger partial charge on any atom is -0.491 e. The summed E-state index contributed by atoms with van der Waals surface area (Å²) < 4.78 is 15.8. The number of carbonyl (C=O) groups excluding carboxylic acids is 1. The smallest absolute Gasteiger partial charge is 0.200 e. The number of ether oxygens (including phenoxy) is 3. The van der Waals surface area contributed by atoms with Gasteiger partial charge in [0.1, 0.15) is 18.1 Å². The molecule has 0 aliphatic carbocycles. The lowest BCUT2D eigenvalue weighted by Crippen LogP contribution is -2.11. The molecule has 22 heavy (non-hydrogen) atoms. The van der Waals surface area contributed by atoms with Crippen molar-refractivity contribution >= 4 is 17.4 Å². The van der Waals surface area contributed by atoms with E-state index in [-0.39, 0.29) is 12.4 Å². The average Bonchev–Trinajstić information content (AvgIpc) is 2.55. The van der Waals surface area contributed by atoms with Crippen molar-refractivity contribution in [1.29, 1.82) is 0 Å². The Morgan fingerprint density at radius 2 is 1.50 bits per heavy atom. The third-order valence-corrected chi connectivity index (χ3v) is 3.17. The Morgan fingerprint density at radius 1 is 0.909 bits per heavy atom. The van der Waals surface area contributed by atoms with Gasteiger partial charge in [0.2, 0.25) is 0 Å². The summed E-state index contributed by atoms with van der Waals surface area (Å²) in [5.41, 5.74) is 0.573. The molecular formula is C17H17ClO4. The van der Waals surface area contributed by atoms with Crippen LogP contribution in [0.1, 0.15) is 10.4 Å². The van der Waals surface area contributed by atoms with Crippen molar-refractivity contribution in [3.8, 4) is 11.5 Å². The van der Waals surface area contributed by atoms with E-state index >= 15 is 0 Å². The topological polar surface area (TPSA) is 44.8 Å². The Hall–Kier alpha value is -2.04. The van der Waals surface area contributed by atoms with E-state index in [9.17, 15) is 4.79 Å². The molecule has 0 radical (unpaired) electrons. The van der Waals surface area contributed by atoms with Gasteiger partial charge in [-0.2, -0.15) is 0 Å². The molecule has 0 heterocycles. The highest BCUT2D eigenvalue weighted by Gasteiger charge is 2.07. The van der Waals surface area contributed by atoms with Gasteiger partial charge >= 0.3 is 0 Å².